The minimum absolute atomic E-state index is 0.0758. The highest BCUT2D eigenvalue weighted by Gasteiger charge is 2.19. The van der Waals surface area contributed by atoms with Gasteiger partial charge in [0.25, 0.3) is 0 Å². The Morgan fingerprint density at radius 2 is 1.95 bits per heavy atom. The molecule has 4 nitrogen and oxygen atoms in total. The van der Waals surface area contributed by atoms with Crippen molar-refractivity contribution < 1.29 is 13.9 Å². The molecule has 0 atom stereocenters. The van der Waals surface area contributed by atoms with Gasteiger partial charge in [-0.05, 0) is 29.8 Å². The summed E-state index contributed by atoms with van der Waals surface area (Å²) in [6.45, 7) is 3.86. The normalized spacial score (nSPS) is 10.3. The monoisotopic (exact) mass is 336 g/mol. The number of rotatable bonds is 3. The van der Waals surface area contributed by atoms with Crippen LogP contribution in [-0.2, 0) is 4.74 Å². The summed E-state index contributed by atoms with van der Waals surface area (Å²) >= 11 is 3.06. The summed E-state index contributed by atoms with van der Waals surface area (Å²) in [5.41, 5.74) is 1.50. The van der Waals surface area contributed by atoms with Crippen LogP contribution in [0.25, 0.3) is 11.3 Å². The number of carbonyl (C=O) groups is 1. The minimum atomic E-state index is -0.662. The van der Waals surface area contributed by atoms with E-state index < -0.39 is 5.97 Å². The second-order valence-electron chi connectivity index (χ2n) is 4.20. The lowest BCUT2D eigenvalue weighted by atomic mass is 10.1. The number of carbonyl (C=O) groups excluding carboxylic acids is 1. The molecule has 0 saturated heterocycles. The maximum Gasteiger partial charge on any atom is 0.375 e. The second kappa shape index (κ2) is 6.05. The summed E-state index contributed by atoms with van der Waals surface area (Å²) in [5, 5.41) is 0. The average Bonchev–Trinajstić information content (AvgIpc) is 2.43. The maximum atomic E-state index is 11.9. The van der Waals surface area contributed by atoms with Crippen molar-refractivity contribution in [2.45, 2.75) is 13.8 Å². The standard InChI is InChI=1S/C15H13BrO4/c1-3-19-15(18)14-13(16)11(17)8-12(20-14)10-6-4-9(2)5-7-10/h4-8H,3H2,1-2H3. The Bertz CT molecular complexity index is 686. The first-order valence-corrected chi connectivity index (χ1v) is 6.90. The molecule has 2 aromatic rings. The summed E-state index contributed by atoms with van der Waals surface area (Å²) in [6.07, 6.45) is 0. The first kappa shape index (κ1) is 14.5. The van der Waals surface area contributed by atoms with Crippen molar-refractivity contribution in [2.24, 2.45) is 0 Å². The van der Waals surface area contributed by atoms with E-state index >= 15 is 0 Å². The Labute approximate surface area is 124 Å². The number of benzene rings is 1. The van der Waals surface area contributed by atoms with E-state index in [1.165, 1.54) is 6.07 Å². The van der Waals surface area contributed by atoms with Crippen molar-refractivity contribution in [1.29, 1.82) is 0 Å². The van der Waals surface area contributed by atoms with Gasteiger partial charge in [0.05, 0.1) is 6.61 Å². The third-order valence-electron chi connectivity index (χ3n) is 2.69. The van der Waals surface area contributed by atoms with Crippen LogP contribution >= 0.6 is 15.9 Å². The number of aryl methyl sites for hydroxylation is 1. The van der Waals surface area contributed by atoms with Gasteiger partial charge in [-0.1, -0.05) is 29.8 Å². The number of halogens is 1. The first-order valence-electron chi connectivity index (χ1n) is 6.10. The molecule has 0 N–H and O–H groups in total. The lowest BCUT2D eigenvalue weighted by Crippen LogP contribution is -2.12. The highest BCUT2D eigenvalue weighted by Crippen LogP contribution is 2.23. The van der Waals surface area contributed by atoms with Crippen LogP contribution in [0.2, 0.25) is 0 Å². The van der Waals surface area contributed by atoms with Crippen LogP contribution in [0.3, 0.4) is 0 Å². The van der Waals surface area contributed by atoms with E-state index in [4.69, 9.17) is 9.15 Å². The summed E-state index contributed by atoms with van der Waals surface area (Å²) in [6, 6.07) is 8.81. The van der Waals surface area contributed by atoms with Gasteiger partial charge in [-0.2, -0.15) is 0 Å². The molecule has 1 aromatic carbocycles. The van der Waals surface area contributed by atoms with Crippen LogP contribution in [0.5, 0.6) is 0 Å². The molecule has 0 radical (unpaired) electrons. The topological polar surface area (TPSA) is 56.5 Å². The van der Waals surface area contributed by atoms with Crippen LogP contribution in [0.1, 0.15) is 23.0 Å². The number of hydrogen-bond donors (Lipinski definition) is 0. The molecule has 0 unspecified atom stereocenters. The third-order valence-corrected chi connectivity index (χ3v) is 3.44. The Morgan fingerprint density at radius 1 is 1.30 bits per heavy atom. The smallest absolute Gasteiger partial charge is 0.375 e. The van der Waals surface area contributed by atoms with E-state index in [1.54, 1.807) is 6.92 Å². The highest BCUT2D eigenvalue weighted by atomic mass is 79.9. The Morgan fingerprint density at radius 3 is 2.55 bits per heavy atom. The zero-order valence-electron chi connectivity index (χ0n) is 11.1. The van der Waals surface area contributed by atoms with E-state index in [0.717, 1.165) is 11.1 Å². The zero-order chi connectivity index (χ0) is 14.7. The van der Waals surface area contributed by atoms with Gasteiger partial charge in [0, 0.05) is 11.6 Å². The van der Waals surface area contributed by atoms with Crippen LogP contribution < -0.4 is 5.43 Å². The Hall–Kier alpha value is -1.88. The predicted octanol–water partition coefficient (Wildman–Crippen LogP) is 3.55. The molecule has 0 aliphatic heterocycles. The van der Waals surface area contributed by atoms with E-state index in [0.29, 0.717) is 5.76 Å². The molecule has 0 aliphatic carbocycles. The molecule has 0 saturated carbocycles. The quantitative estimate of drug-likeness (QED) is 0.804. The summed E-state index contributed by atoms with van der Waals surface area (Å²) < 4.78 is 10.5. The van der Waals surface area contributed by atoms with E-state index in [2.05, 4.69) is 15.9 Å². The largest absolute Gasteiger partial charge is 0.460 e. The molecule has 1 aromatic heterocycles. The van der Waals surface area contributed by atoms with Crippen molar-refractivity contribution in [3.8, 4) is 11.3 Å². The van der Waals surface area contributed by atoms with Crippen LogP contribution in [0.15, 0.2) is 44.0 Å². The molecule has 0 spiro atoms. The van der Waals surface area contributed by atoms with Crippen molar-refractivity contribution in [1.82, 2.24) is 0 Å². The molecule has 0 amide bonds. The van der Waals surface area contributed by atoms with Crippen molar-refractivity contribution in [3.05, 3.63) is 56.4 Å². The molecule has 2 rings (SSSR count). The number of ether oxygens (including phenoxy) is 1. The second-order valence-corrected chi connectivity index (χ2v) is 5.00. The van der Waals surface area contributed by atoms with Gasteiger partial charge in [0.1, 0.15) is 10.2 Å². The Kier molecular flexibility index (Phi) is 4.39. The molecule has 0 aliphatic rings. The molecular weight excluding hydrogens is 324 g/mol. The molecule has 1 heterocycles. The van der Waals surface area contributed by atoms with E-state index in [1.807, 2.05) is 31.2 Å². The fourth-order valence-electron chi connectivity index (χ4n) is 1.67. The average molecular weight is 337 g/mol. The number of esters is 1. The Balaban J connectivity index is 2.53. The zero-order valence-corrected chi connectivity index (χ0v) is 12.7. The van der Waals surface area contributed by atoms with Crippen molar-refractivity contribution in [3.63, 3.8) is 0 Å². The minimum Gasteiger partial charge on any atom is -0.460 e. The first-order chi connectivity index (χ1) is 9.52. The lowest BCUT2D eigenvalue weighted by molar-refractivity contribution is 0.0486. The summed E-state index contributed by atoms with van der Waals surface area (Å²) in [7, 11) is 0. The maximum absolute atomic E-state index is 11.9. The van der Waals surface area contributed by atoms with Gasteiger partial charge in [-0.25, -0.2) is 4.79 Å². The predicted molar refractivity (Wildman–Crippen MR) is 78.8 cm³/mol. The lowest BCUT2D eigenvalue weighted by Gasteiger charge is -2.06. The molecule has 0 bridgehead atoms. The molecule has 20 heavy (non-hydrogen) atoms. The van der Waals surface area contributed by atoms with Gasteiger partial charge in [-0.15, -0.1) is 0 Å². The summed E-state index contributed by atoms with van der Waals surface area (Å²) in [5.74, 6) is -0.443. The van der Waals surface area contributed by atoms with Gasteiger partial charge >= 0.3 is 5.97 Å². The molecule has 104 valence electrons. The van der Waals surface area contributed by atoms with E-state index in [-0.39, 0.29) is 22.3 Å². The molecule has 5 heteroatoms. The third kappa shape index (κ3) is 2.99. The van der Waals surface area contributed by atoms with Gasteiger partial charge in [-0.3, -0.25) is 4.79 Å². The van der Waals surface area contributed by atoms with Gasteiger partial charge in [0.15, 0.2) is 0 Å². The van der Waals surface area contributed by atoms with Crippen LogP contribution in [-0.4, -0.2) is 12.6 Å². The molecule has 0 fully saturated rings. The summed E-state index contributed by atoms with van der Waals surface area (Å²) in [4.78, 5) is 23.7. The molecular formula is C15H13BrO4. The van der Waals surface area contributed by atoms with E-state index in [9.17, 15) is 9.59 Å². The highest BCUT2D eigenvalue weighted by molar-refractivity contribution is 9.10. The fourth-order valence-corrected chi connectivity index (χ4v) is 2.02. The van der Waals surface area contributed by atoms with Gasteiger partial charge < -0.3 is 9.15 Å². The van der Waals surface area contributed by atoms with Crippen LogP contribution in [0, 0.1) is 6.92 Å². The van der Waals surface area contributed by atoms with Crippen LogP contribution in [0.4, 0.5) is 0 Å². The fraction of sp³-hybridized carbons (Fsp3) is 0.200. The SMILES string of the molecule is CCOC(=O)c1oc(-c2ccc(C)cc2)cc(=O)c1Br. The van der Waals surface area contributed by atoms with Gasteiger partial charge in [0.2, 0.25) is 11.2 Å². The van der Waals surface area contributed by atoms with Crippen molar-refractivity contribution in [2.75, 3.05) is 6.61 Å². The number of hydrogen-bond acceptors (Lipinski definition) is 4. The van der Waals surface area contributed by atoms with Crippen molar-refractivity contribution >= 4 is 21.9 Å².